The number of fused-ring (bicyclic) bond motifs is 3. The van der Waals surface area contributed by atoms with Crippen LogP contribution in [0, 0.1) is 0 Å². The first-order valence-corrected chi connectivity index (χ1v) is 10.4. The summed E-state index contributed by atoms with van der Waals surface area (Å²) in [6.45, 7) is 0.890. The van der Waals surface area contributed by atoms with Crippen molar-refractivity contribution in [3.63, 3.8) is 0 Å². The molecule has 0 radical (unpaired) electrons. The minimum atomic E-state index is -0.395. The van der Waals surface area contributed by atoms with Gasteiger partial charge in [-0.25, -0.2) is 0 Å². The van der Waals surface area contributed by atoms with Crippen molar-refractivity contribution in [2.75, 3.05) is 6.54 Å². The normalized spacial score (nSPS) is 17.1. The number of nitrogens with one attached hydrogen (secondary N) is 1. The number of aliphatic imine (C=N–C) groups is 1. The van der Waals surface area contributed by atoms with Crippen LogP contribution < -0.4 is 11.1 Å². The standard InChI is InChI=1S/C25H27N3O/c26-25(29)19-16-21-20-13-7-8-14-22(20)28-24(21)23(17-19)27-15-9-2-1-4-10-18-11-5-3-6-12-18/h3,5-8,11-14,16-17,23,27H,1-2,4,9-10,15H2,(H2,26,29). The molecule has 0 bridgehead atoms. The predicted molar refractivity (Wildman–Crippen MR) is 119 cm³/mol. The van der Waals surface area contributed by atoms with Gasteiger partial charge < -0.3 is 11.1 Å². The number of nitrogens with zero attached hydrogens (tertiary/aromatic N) is 1. The highest BCUT2D eigenvalue weighted by Crippen LogP contribution is 2.38. The van der Waals surface area contributed by atoms with Crippen LogP contribution in [0.4, 0.5) is 5.69 Å². The van der Waals surface area contributed by atoms with E-state index in [0.717, 1.165) is 41.9 Å². The monoisotopic (exact) mass is 385 g/mol. The van der Waals surface area contributed by atoms with Crippen molar-refractivity contribution in [3.05, 3.63) is 83.4 Å². The number of carbonyl (C=O) groups excluding carboxylic acids is 1. The van der Waals surface area contributed by atoms with Gasteiger partial charge in [-0.2, -0.15) is 0 Å². The minimum absolute atomic E-state index is 0.0748. The number of hydrogen-bond acceptors (Lipinski definition) is 3. The molecule has 1 unspecified atom stereocenters. The van der Waals surface area contributed by atoms with Gasteiger partial charge in [0.05, 0.1) is 17.4 Å². The first kappa shape index (κ1) is 19.3. The van der Waals surface area contributed by atoms with Crippen LogP contribution in [-0.2, 0) is 11.2 Å². The van der Waals surface area contributed by atoms with Gasteiger partial charge in [-0.3, -0.25) is 9.79 Å². The molecule has 0 saturated heterocycles. The molecule has 2 aromatic rings. The number of para-hydroxylation sites is 1. The first-order valence-electron chi connectivity index (χ1n) is 10.4. The lowest BCUT2D eigenvalue weighted by molar-refractivity contribution is -0.114. The maximum absolute atomic E-state index is 11.8. The lowest BCUT2D eigenvalue weighted by Gasteiger charge is -2.21. The molecular weight excluding hydrogens is 358 g/mol. The highest BCUT2D eigenvalue weighted by molar-refractivity contribution is 6.33. The van der Waals surface area contributed by atoms with E-state index in [1.807, 2.05) is 36.4 Å². The Balaban J connectivity index is 1.29. The molecule has 2 aromatic carbocycles. The highest BCUT2D eigenvalue weighted by Gasteiger charge is 2.30. The summed E-state index contributed by atoms with van der Waals surface area (Å²) in [5.41, 5.74) is 11.6. The van der Waals surface area contributed by atoms with E-state index in [0.29, 0.717) is 5.57 Å². The van der Waals surface area contributed by atoms with Crippen molar-refractivity contribution in [3.8, 4) is 0 Å². The topological polar surface area (TPSA) is 67.5 Å². The molecule has 0 aromatic heterocycles. The fourth-order valence-electron chi connectivity index (χ4n) is 4.00. The van der Waals surface area contributed by atoms with Crippen molar-refractivity contribution in [1.82, 2.24) is 5.32 Å². The number of hydrogen-bond donors (Lipinski definition) is 2. The number of benzene rings is 2. The van der Waals surface area contributed by atoms with Crippen molar-refractivity contribution in [2.24, 2.45) is 10.7 Å². The van der Waals surface area contributed by atoms with Gasteiger partial charge in [-0.1, -0.05) is 61.4 Å². The van der Waals surface area contributed by atoms with E-state index in [1.165, 1.54) is 24.8 Å². The fraction of sp³-hybridized carbons (Fsp3) is 0.280. The molecule has 1 aliphatic heterocycles. The lowest BCUT2D eigenvalue weighted by atomic mass is 9.90. The van der Waals surface area contributed by atoms with E-state index >= 15 is 0 Å². The zero-order valence-corrected chi connectivity index (χ0v) is 16.6. The molecule has 148 valence electrons. The molecular formula is C25H27N3O. The second kappa shape index (κ2) is 9.01. The van der Waals surface area contributed by atoms with E-state index in [9.17, 15) is 4.79 Å². The third-order valence-electron chi connectivity index (χ3n) is 5.54. The van der Waals surface area contributed by atoms with E-state index in [-0.39, 0.29) is 6.04 Å². The average Bonchev–Trinajstić information content (AvgIpc) is 3.12. The summed E-state index contributed by atoms with van der Waals surface area (Å²) in [5, 5.41) is 3.57. The smallest absolute Gasteiger partial charge is 0.248 e. The van der Waals surface area contributed by atoms with Crippen molar-refractivity contribution in [1.29, 1.82) is 0 Å². The van der Waals surface area contributed by atoms with E-state index in [4.69, 9.17) is 10.7 Å². The van der Waals surface area contributed by atoms with E-state index in [1.54, 1.807) is 0 Å². The maximum atomic E-state index is 11.8. The van der Waals surface area contributed by atoms with Crippen molar-refractivity contribution < 1.29 is 4.79 Å². The number of rotatable bonds is 9. The van der Waals surface area contributed by atoms with Gasteiger partial charge in [-0.15, -0.1) is 0 Å². The Labute approximate surface area is 172 Å². The van der Waals surface area contributed by atoms with Crippen LogP contribution in [0.25, 0.3) is 5.57 Å². The molecule has 1 aliphatic carbocycles. The zero-order chi connectivity index (χ0) is 20.1. The summed E-state index contributed by atoms with van der Waals surface area (Å²) in [5.74, 6) is -0.395. The number of primary amides is 1. The molecule has 1 amide bonds. The molecule has 0 fully saturated rings. The Bertz CT molecular complexity index is 973. The number of unbranched alkanes of at least 4 members (excludes halogenated alkanes) is 3. The summed E-state index contributed by atoms with van der Waals surface area (Å²) in [7, 11) is 0. The first-order chi connectivity index (χ1) is 14.2. The number of aryl methyl sites for hydroxylation is 1. The molecule has 0 spiro atoms. The van der Waals surface area contributed by atoms with E-state index < -0.39 is 5.91 Å². The lowest BCUT2D eigenvalue weighted by Crippen LogP contribution is -2.38. The van der Waals surface area contributed by atoms with Gasteiger partial charge in [0.25, 0.3) is 0 Å². The Morgan fingerprint density at radius 2 is 1.72 bits per heavy atom. The van der Waals surface area contributed by atoms with Crippen LogP contribution in [0.3, 0.4) is 0 Å². The molecule has 3 N–H and O–H groups in total. The third kappa shape index (κ3) is 4.54. The second-order valence-corrected chi connectivity index (χ2v) is 7.64. The van der Waals surface area contributed by atoms with E-state index in [2.05, 4.69) is 35.6 Å². The Kier molecular flexibility index (Phi) is 6.01. The Morgan fingerprint density at radius 1 is 0.966 bits per heavy atom. The summed E-state index contributed by atoms with van der Waals surface area (Å²) in [4.78, 5) is 16.6. The third-order valence-corrected chi connectivity index (χ3v) is 5.54. The molecule has 29 heavy (non-hydrogen) atoms. The van der Waals surface area contributed by atoms with Crippen LogP contribution in [0.15, 0.2) is 77.3 Å². The molecule has 2 aliphatic rings. The number of amides is 1. The summed E-state index contributed by atoms with van der Waals surface area (Å²) in [6, 6.07) is 18.6. The summed E-state index contributed by atoms with van der Waals surface area (Å²) >= 11 is 0. The number of carbonyl (C=O) groups is 1. The van der Waals surface area contributed by atoms with Crippen molar-refractivity contribution in [2.45, 2.75) is 38.1 Å². The summed E-state index contributed by atoms with van der Waals surface area (Å²) in [6.07, 6.45) is 9.65. The van der Waals surface area contributed by atoms with Crippen LogP contribution in [0.1, 0.15) is 36.8 Å². The molecule has 4 rings (SSSR count). The van der Waals surface area contributed by atoms with Crippen LogP contribution in [0.5, 0.6) is 0 Å². The van der Waals surface area contributed by atoms with Crippen LogP contribution >= 0.6 is 0 Å². The molecule has 1 atom stereocenters. The van der Waals surface area contributed by atoms with Crippen LogP contribution in [-0.4, -0.2) is 24.2 Å². The molecule has 4 heteroatoms. The zero-order valence-electron chi connectivity index (χ0n) is 16.6. The fourth-order valence-corrected chi connectivity index (χ4v) is 4.00. The Hall–Kier alpha value is -2.98. The number of nitrogens with two attached hydrogens (primary N) is 1. The Morgan fingerprint density at radius 3 is 2.55 bits per heavy atom. The second-order valence-electron chi connectivity index (χ2n) is 7.64. The highest BCUT2D eigenvalue weighted by atomic mass is 16.1. The van der Waals surface area contributed by atoms with Gasteiger partial charge >= 0.3 is 0 Å². The van der Waals surface area contributed by atoms with Crippen molar-refractivity contribution >= 4 is 22.9 Å². The van der Waals surface area contributed by atoms with Gasteiger partial charge in [-0.05, 0) is 49.6 Å². The maximum Gasteiger partial charge on any atom is 0.248 e. The largest absolute Gasteiger partial charge is 0.366 e. The molecule has 4 nitrogen and oxygen atoms in total. The minimum Gasteiger partial charge on any atom is -0.366 e. The predicted octanol–water partition coefficient (Wildman–Crippen LogP) is 4.34. The molecule has 0 saturated carbocycles. The average molecular weight is 386 g/mol. The van der Waals surface area contributed by atoms with Gasteiger partial charge in [0.1, 0.15) is 0 Å². The SMILES string of the molecule is NC(=O)C1=CC(NCCCCCCc2ccccc2)C2=Nc3ccccc3C2=C1. The van der Waals surface area contributed by atoms with Gasteiger partial charge in [0.2, 0.25) is 5.91 Å². The van der Waals surface area contributed by atoms with Gasteiger partial charge in [0.15, 0.2) is 0 Å². The summed E-state index contributed by atoms with van der Waals surface area (Å²) < 4.78 is 0. The van der Waals surface area contributed by atoms with Gasteiger partial charge in [0, 0.05) is 16.7 Å². The quantitative estimate of drug-likeness (QED) is 0.631. The van der Waals surface area contributed by atoms with Crippen LogP contribution in [0.2, 0.25) is 0 Å². The molecule has 1 heterocycles.